The van der Waals surface area contributed by atoms with E-state index in [0.717, 1.165) is 0 Å². The van der Waals surface area contributed by atoms with Crippen molar-refractivity contribution >= 4 is 39.9 Å². The Kier molecular flexibility index (Phi) is 7.57. The molecule has 1 atom stereocenters. The Morgan fingerprint density at radius 2 is 1.94 bits per heavy atom. The summed E-state index contributed by atoms with van der Waals surface area (Å²) in [6, 6.07) is 8.26. The number of aliphatic hydroxyl groups is 1. The first-order valence-electron chi connectivity index (χ1n) is 11.5. The van der Waals surface area contributed by atoms with Crippen LogP contribution in [0.3, 0.4) is 0 Å². The van der Waals surface area contributed by atoms with E-state index in [1.165, 1.54) is 19.3 Å². The van der Waals surface area contributed by atoms with Crippen molar-refractivity contribution in [2.75, 3.05) is 18.4 Å². The van der Waals surface area contributed by atoms with Gasteiger partial charge in [0.25, 0.3) is 5.91 Å². The lowest BCUT2D eigenvalue weighted by molar-refractivity contribution is -0.141. The van der Waals surface area contributed by atoms with Gasteiger partial charge in [-0.3, -0.25) is 4.79 Å². The molecule has 0 radical (unpaired) electrons. The lowest BCUT2D eigenvalue weighted by Gasteiger charge is -2.33. The highest BCUT2D eigenvalue weighted by Gasteiger charge is 2.27. The van der Waals surface area contributed by atoms with Crippen LogP contribution in [0.1, 0.15) is 33.6 Å². The average molecular weight is 503 g/mol. The number of ether oxygens (including phenoxy) is 2. The first-order chi connectivity index (χ1) is 16.7. The summed E-state index contributed by atoms with van der Waals surface area (Å²) < 4.78 is 26.8. The average Bonchev–Trinajstić information content (AvgIpc) is 2.82. The lowest BCUT2D eigenvalue weighted by Crippen LogP contribution is -2.45. The molecule has 4 rings (SSSR count). The maximum atomic E-state index is 14.5. The van der Waals surface area contributed by atoms with E-state index >= 15 is 0 Å². The zero-order valence-electron chi connectivity index (χ0n) is 19.8. The molecule has 186 valence electrons. The summed E-state index contributed by atoms with van der Waals surface area (Å²) in [5.41, 5.74) is 0.792. The third-order valence-electron chi connectivity index (χ3n) is 5.67. The first-order valence-corrected chi connectivity index (χ1v) is 11.9. The highest BCUT2D eigenvalue weighted by molar-refractivity contribution is 6.31. The van der Waals surface area contributed by atoms with Crippen molar-refractivity contribution in [1.29, 1.82) is 0 Å². The summed E-state index contributed by atoms with van der Waals surface area (Å²) in [5.74, 6) is 0.608. The number of nitrogens with zero attached hydrogens (tertiary/aromatic N) is 3. The highest BCUT2D eigenvalue weighted by Crippen LogP contribution is 2.37. The van der Waals surface area contributed by atoms with Gasteiger partial charge in [-0.1, -0.05) is 17.7 Å². The zero-order valence-corrected chi connectivity index (χ0v) is 20.6. The third kappa shape index (κ3) is 5.74. The smallest absolute Gasteiger partial charge is 0.251 e. The van der Waals surface area contributed by atoms with Gasteiger partial charge in [-0.05, 0) is 39.0 Å². The number of aromatic nitrogens is 2. The fraction of sp³-hybridized carbons (Fsp3) is 0.400. The van der Waals surface area contributed by atoms with Gasteiger partial charge in [0.1, 0.15) is 24.4 Å². The van der Waals surface area contributed by atoms with Crippen LogP contribution < -0.4 is 14.8 Å². The van der Waals surface area contributed by atoms with Crippen LogP contribution in [0.15, 0.2) is 36.7 Å². The molecule has 1 aliphatic heterocycles. The fourth-order valence-corrected chi connectivity index (χ4v) is 4.14. The number of benzene rings is 2. The van der Waals surface area contributed by atoms with Gasteiger partial charge in [0.05, 0.1) is 22.3 Å². The van der Waals surface area contributed by atoms with E-state index in [-0.39, 0.29) is 28.8 Å². The largest absolute Gasteiger partial charge is 0.487 e. The zero-order chi connectivity index (χ0) is 25.1. The quantitative estimate of drug-likeness (QED) is 0.483. The van der Waals surface area contributed by atoms with Gasteiger partial charge in [-0.25, -0.2) is 14.4 Å². The van der Waals surface area contributed by atoms with Crippen LogP contribution in [0, 0.1) is 5.82 Å². The number of nitrogens with one attached hydrogen (secondary N) is 1. The van der Waals surface area contributed by atoms with Crippen molar-refractivity contribution in [3.63, 3.8) is 0 Å². The van der Waals surface area contributed by atoms with E-state index < -0.39 is 11.9 Å². The molecule has 1 aromatic heterocycles. The molecule has 0 aliphatic carbocycles. The molecule has 1 unspecified atom stereocenters. The number of rotatable bonds is 7. The van der Waals surface area contributed by atoms with Crippen molar-refractivity contribution in [2.45, 2.75) is 51.9 Å². The van der Waals surface area contributed by atoms with Crippen molar-refractivity contribution in [3.05, 3.63) is 47.5 Å². The summed E-state index contributed by atoms with van der Waals surface area (Å²) >= 11 is 5.92. The van der Waals surface area contributed by atoms with Gasteiger partial charge < -0.3 is 24.8 Å². The molecule has 1 saturated heterocycles. The topological polar surface area (TPSA) is 96.8 Å². The molecule has 0 spiro atoms. The second kappa shape index (κ2) is 10.6. The Hall–Kier alpha value is -3.17. The molecule has 1 aliphatic rings. The molecule has 35 heavy (non-hydrogen) atoms. The maximum Gasteiger partial charge on any atom is 0.251 e. The minimum absolute atomic E-state index is 0.00840. The predicted octanol–water partition coefficient (Wildman–Crippen LogP) is 4.70. The minimum Gasteiger partial charge on any atom is -0.487 e. The number of carbonyl (C=O) groups is 1. The summed E-state index contributed by atoms with van der Waals surface area (Å²) in [5, 5.41) is 13.2. The van der Waals surface area contributed by atoms with Crippen molar-refractivity contribution < 1.29 is 23.8 Å². The van der Waals surface area contributed by atoms with Crippen LogP contribution in [0.25, 0.3) is 10.9 Å². The van der Waals surface area contributed by atoms with Gasteiger partial charge in [0, 0.05) is 37.4 Å². The Bertz CT molecular complexity index is 1220. The van der Waals surface area contributed by atoms with Gasteiger partial charge in [-0.15, -0.1) is 0 Å². The number of anilines is 2. The number of piperidine rings is 1. The summed E-state index contributed by atoms with van der Waals surface area (Å²) in [4.78, 5) is 22.4. The maximum absolute atomic E-state index is 14.5. The van der Waals surface area contributed by atoms with Crippen LogP contribution in [-0.4, -0.2) is 57.3 Å². The number of hydrogen-bond acceptors (Lipinski definition) is 7. The van der Waals surface area contributed by atoms with Crippen LogP contribution in [0.5, 0.6) is 11.5 Å². The summed E-state index contributed by atoms with van der Waals surface area (Å²) in [6.07, 6.45) is 1.39. The van der Waals surface area contributed by atoms with Gasteiger partial charge >= 0.3 is 0 Å². The van der Waals surface area contributed by atoms with Crippen molar-refractivity contribution in [3.8, 4) is 11.5 Å². The minimum atomic E-state index is -1.01. The molecule has 1 amide bonds. The predicted molar refractivity (Wildman–Crippen MR) is 132 cm³/mol. The Morgan fingerprint density at radius 3 is 2.63 bits per heavy atom. The van der Waals surface area contributed by atoms with Crippen molar-refractivity contribution in [1.82, 2.24) is 14.9 Å². The molecule has 0 bridgehead atoms. The highest BCUT2D eigenvalue weighted by atomic mass is 35.5. The normalized spacial score (nSPS) is 15.3. The standard InChI is InChI=1S/C25H28ClFN4O4/c1-14(2)34-21-11-17-20(28-13-29-24(17)30-19-6-4-5-18(26)23(19)27)12-22(21)35-16-7-9-31(10-8-16)25(33)15(3)32/h4-6,11-16,32H,7-10H2,1-3H3,(H,28,29,30). The Balaban J connectivity index is 1.61. The van der Waals surface area contributed by atoms with Crippen LogP contribution in [0.4, 0.5) is 15.9 Å². The lowest BCUT2D eigenvalue weighted by atomic mass is 10.1. The molecule has 2 heterocycles. The summed E-state index contributed by atoms with van der Waals surface area (Å²) in [6.45, 7) is 6.31. The number of hydrogen-bond donors (Lipinski definition) is 2. The number of amides is 1. The molecular weight excluding hydrogens is 475 g/mol. The first kappa shape index (κ1) is 24.9. The van der Waals surface area contributed by atoms with E-state index in [1.54, 1.807) is 29.2 Å². The van der Waals surface area contributed by atoms with Crippen LogP contribution in [-0.2, 0) is 4.79 Å². The molecule has 2 N–H and O–H groups in total. The van der Waals surface area contributed by atoms with E-state index in [2.05, 4.69) is 15.3 Å². The molecule has 3 aromatic rings. The molecule has 2 aromatic carbocycles. The number of carbonyl (C=O) groups excluding carboxylic acids is 1. The third-order valence-corrected chi connectivity index (χ3v) is 5.96. The second-order valence-electron chi connectivity index (χ2n) is 8.75. The van der Waals surface area contributed by atoms with Gasteiger partial charge in [0.2, 0.25) is 0 Å². The number of aliphatic hydroxyl groups excluding tert-OH is 1. The molecule has 10 heteroatoms. The van der Waals surface area contributed by atoms with Gasteiger partial charge in [-0.2, -0.15) is 0 Å². The van der Waals surface area contributed by atoms with Crippen LogP contribution >= 0.6 is 11.6 Å². The van der Waals surface area contributed by atoms with E-state index in [9.17, 15) is 14.3 Å². The number of halogens is 2. The second-order valence-corrected chi connectivity index (χ2v) is 9.16. The number of fused-ring (bicyclic) bond motifs is 1. The van der Waals surface area contributed by atoms with E-state index in [0.29, 0.717) is 54.2 Å². The molecule has 0 saturated carbocycles. The molecule has 1 fully saturated rings. The van der Waals surface area contributed by atoms with Gasteiger partial charge in [0.15, 0.2) is 17.3 Å². The molecule has 8 nitrogen and oxygen atoms in total. The Morgan fingerprint density at radius 1 is 1.20 bits per heavy atom. The molecular formula is C25H28ClFN4O4. The summed E-state index contributed by atoms with van der Waals surface area (Å²) in [7, 11) is 0. The SMILES string of the molecule is CC(C)Oc1cc2c(Nc3cccc(Cl)c3F)ncnc2cc1OC1CCN(C(=O)C(C)O)CC1. The fourth-order valence-electron chi connectivity index (χ4n) is 3.97. The van der Waals surface area contributed by atoms with Crippen molar-refractivity contribution in [2.24, 2.45) is 0 Å². The van der Waals surface area contributed by atoms with Crippen LogP contribution in [0.2, 0.25) is 5.02 Å². The number of likely N-dealkylation sites (tertiary alicyclic amines) is 1. The van der Waals surface area contributed by atoms with E-state index in [1.807, 2.05) is 13.8 Å². The Labute approximate surface area is 208 Å². The monoisotopic (exact) mass is 502 g/mol. The van der Waals surface area contributed by atoms with E-state index in [4.69, 9.17) is 21.1 Å².